The van der Waals surface area contributed by atoms with Gasteiger partial charge in [0.15, 0.2) is 10.4 Å². The van der Waals surface area contributed by atoms with Crippen molar-refractivity contribution in [2.24, 2.45) is 0 Å². The molecule has 2 aromatic carbocycles. The van der Waals surface area contributed by atoms with Gasteiger partial charge in [0.05, 0.1) is 0 Å². The third kappa shape index (κ3) is 4.74. The molecule has 0 unspecified atom stereocenters. The van der Waals surface area contributed by atoms with Crippen molar-refractivity contribution in [2.75, 3.05) is 11.1 Å². The molecule has 0 radical (unpaired) electrons. The molecule has 3 rings (SSSR count). The smallest absolute Gasteiger partial charge is 0.267 e. The number of benzene rings is 2. The van der Waals surface area contributed by atoms with Crippen molar-refractivity contribution in [1.29, 1.82) is 0 Å². The molecule has 5 nitrogen and oxygen atoms in total. The molecule has 0 spiro atoms. The predicted molar refractivity (Wildman–Crippen MR) is 108 cm³/mol. The molecule has 1 amide bonds. The monoisotopic (exact) mass is 387 g/mol. The molecular formula is C19H21N3O2S2. The van der Waals surface area contributed by atoms with Crippen LogP contribution < -0.4 is 10.1 Å². The predicted octanol–water partition coefficient (Wildman–Crippen LogP) is 4.99. The van der Waals surface area contributed by atoms with Crippen LogP contribution in [-0.2, 0) is 4.79 Å². The quantitative estimate of drug-likeness (QED) is 0.436. The zero-order chi connectivity index (χ0) is 18.4. The fourth-order valence-corrected chi connectivity index (χ4v) is 4.10. The molecule has 7 heteroatoms. The standard InChI is InChI=1S/C19H21N3O2S2/c1-3-11-25-19-22-21-18(26-19)20-17(23)16(4-2)24-15-10-9-13-7-5-6-8-14(13)12-15/h5-10,12,16H,3-4,11H2,1-2H3,(H,20,21,23)/t16-/m1/s1. The Hall–Kier alpha value is -2.12. The Balaban J connectivity index is 1.65. The zero-order valence-corrected chi connectivity index (χ0v) is 16.4. The highest BCUT2D eigenvalue weighted by atomic mass is 32.2. The normalized spacial score (nSPS) is 12.1. The number of hydrogen-bond acceptors (Lipinski definition) is 6. The molecule has 1 aromatic heterocycles. The molecule has 0 aliphatic rings. The van der Waals surface area contributed by atoms with E-state index < -0.39 is 6.10 Å². The molecule has 3 aromatic rings. The molecule has 136 valence electrons. The van der Waals surface area contributed by atoms with Crippen LogP contribution in [0.3, 0.4) is 0 Å². The number of nitrogens with one attached hydrogen (secondary N) is 1. The van der Waals surface area contributed by atoms with Gasteiger partial charge in [-0.05, 0) is 35.7 Å². The summed E-state index contributed by atoms with van der Waals surface area (Å²) in [6.45, 7) is 4.04. The summed E-state index contributed by atoms with van der Waals surface area (Å²) in [5.41, 5.74) is 0. The molecule has 1 atom stereocenters. The van der Waals surface area contributed by atoms with Crippen LogP contribution in [0.25, 0.3) is 10.8 Å². The highest BCUT2D eigenvalue weighted by Crippen LogP contribution is 2.26. The van der Waals surface area contributed by atoms with Crippen LogP contribution in [0.15, 0.2) is 46.8 Å². The zero-order valence-electron chi connectivity index (χ0n) is 14.8. The van der Waals surface area contributed by atoms with Gasteiger partial charge >= 0.3 is 0 Å². The molecule has 0 aliphatic heterocycles. The van der Waals surface area contributed by atoms with E-state index in [9.17, 15) is 4.79 Å². The number of fused-ring (bicyclic) bond motifs is 1. The summed E-state index contributed by atoms with van der Waals surface area (Å²) >= 11 is 3.04. The molecule has 1 N–H and O–H groups in total. The second-order valence-corrected chi connectivity index (χ2v) is 8.05. The van der Waals surface area contributed by atoms with Gasteiger partial charge in [0, 0.05) is 5.75 Å². The number of aromatic nitrogens is 2. The average molecular weight is 388 g/mol. The number of carbonyl (C=O) groups is 1. The molecule has 0 saturated heterocycles. The summed E-state index contributed by atoms with van der Waals surface area (Å²) in [6, 6.07) is 13.9. The summed E-state index contributed by atoms with van der Waals surface area (Å²) < 4.78 is 6.78. The van der Waals surface area contributed by atoms with Crippen LogP contribution in [0.2, 0.25) is 0 Å². The highest BCUT2D eigenvalue weighted by molar-refractivity contribution is 8.01. The number of thioether (sulfide) groups is 1. The van der Waals surface area contributed by atoms with Gasteiger partial charge in [0.1, 0.15) is 5.75 Å². The van der Waals surface area contributed by atoms with Crippen molar-refractivity contribution < 1.29 is 9.53 Å². The van der Waals surface area contributed by atoms with E-state index in [0.29, 0.717) is 17.3 Å². The first kappa shape index (κ1) is 18.7. The maximum absolute atomic E-state index is 12.5. The number of anilines is 1. The van der Waals surface area contributed by atoms with E-state index in [2.05, 4.69) is 22.4 Å². The lowest BCUT2D eigenvalue weighted by Gasteiger charge is -2.16. The Labute approximate surface area is 161 Å². The van der Waals surface area contributed by atoms with E-state index in [1.165, 1.54) is 11.3 Å². The lowest BCUT2D eigenvalue weighted by atomic mass is 10.1. The van der Waals surface area contributed by atoms with E-state index in [1.807, 2.05) is 49.4 Å². The summed E-state index contributed by atoms with van der Waals surface area (Å²) in [5, 5.41) is 13.7. The van der Waals surface area contributed by atoms with Crippen molar-refractivity contribution in [3.63, 3.8) is 0 Å². The fourth-order valence-electron chi connectivity index (χ4n) is 2.42. The van der Waals surface area contributed by atoms with E-state index in [0.717, 1.165) is 27.3 Å². The lowest BCUT2D eigenvalue weighted by molar-refractivity contribution is -0.122. The van der Waals surface area contributed by atoms with Crippen LogP contribution in [-0.4, -0.2) is 28.0 Å². The Morgan fingerprint density at radius 3 is 2.77 bits per heavy atom. The number of rotatable bonds is 8. The van der Waals surface area contributed by atoms with Gasteiger partial charge in [-0.3, -0.25) is 10.1 Å². The second-order valence-electron chi connectivity index (χ2n) is 5.73. The minimum atomic E-state index is -0.577. The van der Waals surface area contributed by atoms with Crippen molar-refractivity contribution in [2.45, 2.75) is 37.1 Å². The largest absolute Gasteiger partial charge is 0.481 e. The molecule has 0 bridgehead atoms. The molecule has 26 heavy (non-hydrogen) atoms. The van der Waals surface area contributed by atoms with E-state index in [-0.39, 0.29) is 5.91 Å². The van der Waals surface area contributed by atoms with Crippen molar-refractivity contribution in [3.8, 4) is 5.75 Å². The van der Waals surface area contributed by atoms with Crippen LogP contribution >= 0.6 is 23.1 Å². The van der Waals surface area contributed by atoms with E-state index >= 15 is 0 Å². The minimum Gasteiger partial charge on any atom is -0.481 e. The van der Waals surface area contributed by atoms with Gasteiger partial charge in [0.2, 0.25) is 5.13 Å². The third-order valence-corrected chi connectivity index (χ3v) is 5.91. The number of nitrogens with zero attached hydrogens (tertiary/aromatic N) is 2. The summed E-state index contributed by atoms with van der Waals surface area (Å²) in [7, 11) is 0. The van der Waals surface area contributed by atoms with Gasteiger partial charge in [-0.1, -0.05) is 67.3 Å². The number of hydrogen-bond donors (Lipinski definition) is 1. The average Bonchev–Trinajstić information content (AvgIpc) is 3.11. The molecular weight excluding hydrogens is 366 g/mol. The summed E-state index contributed by atoms with van der Waals surface area (Å²) in [5.74, 6) is 1.47. The first-order valence-electron chi connectivity index (χ1n) is 8.62. The minimum absolute atomic E-state index is 0.205. The lowest BCUT2D eigenvalue weighted by Crippen LogP contribution is -2.32. The first-order valence-corrected chi connectivity index (χ1v) is 10.4. The van der Waals surface area contributed by atoms with Gasteiger partial charge in [-0.2, -0.15) is 0 Å². The van der Waals surface area contributed by atoms with E-state index in [4.69, 9.17) is 4.74 Å². The SMILES string of the molecule is CCCSc1nnc(NC(=O)[C@@H](CC)Oc2ccc3ccccc3c2)s1. The van der Waals surface area contributed by atoms with Crippen LogP contribution in [0.5, 0.6) is 5.75 Å². The molecule has 1 heterocycles. The van der Waals surface area contributed by atoms with Crippen molar-refractivity contribution in [3.05, 3.63) is 42.5 Å². The first-order chi connectivity index (χ1) is 12.7. The topological polar surface area (TPSA) is 64.1 Å². The van der Waals surface area contributed by atoms with Crippen molar-refractivity contribution in [1.82, 2.24) is 10.2 Å². The number of carbonyl (C=O) groups excluding carboxylic acids is 1. The second kappa shape index (κ2) is 9.00. The Bertz CT molecular complexity index is 882. The van der Waals surface area contributed by atoms with Gasteiger partial charge in [-0.15, -0.1) is 10.2 Å². The Morgan fingerprint density at radius 2 is 2.00 bits per heavy atom. The number of ether oxygens (including phenoxy) is 1. The Kier molecular flexibility index (Phi) is 6.46. The fraction of sp³-hybridized carbons (Fsp3) is 0.316. The van der Waals surface area contributed by atoms with Gasteiger partial charge in [-0.25, -0.2) is 0 Å². The molecule has 0 fully saturated rings. The highest BCUT2D eigenvalue weighted by Gasteiger charge is 2.20. The molecule has 0 saturated carbocycles. The summed E-state index contributed by atoms with van der Waals surface area (Å²) in [6.07, 6.45) is 1.06. The van der Waals surface area contributed by atoms with E-state index in [1.54, 1.807) is 11.8 Å². The molecule has 0 aliphatic carbocycles. The summed E-state index contributed by atoms with van der Waals surface area (Å²) in [4.78, 5) is 12.5. The maximum atomic E-state index is 12.5. The third-order valence-electron chi connectivity index (χ3n) is 3.73. The van der Waals surface area contributed by atoms with Gasteiger partial charge in [0.25, 0.3) is 5.91 Å². The van der Waals surface area contributed by atoms with Gasteiger partial charge < -0.3 is 4.74 Å². The maximum Gasteiger partial charge on any atom is 0.267 e. The number of amides is 1. The van der Waals surface area contributed by atoms with Crippen LogP contribution in [0.4, 0.5) is 5.13 Å². The van der Waals surface area contributed by atoms with Crippen LogP contribution in [0, 0.1) is 0 Å². The Morgan fingerprint density at radius 1 is 1.19 bits per heavy atom. The van der Waals surface area contributed by atoms with Crippen molar-refractivity contribution >= 4 is 44.9 Å². The van der Waals surface area contributed by atoms with Crippen LogP contribution in [0.1, 0.15) is 26.7 Å².